The molecule has 4 N–H and O–H groups in total. The van der Waals surface area contributed by atoms with Gasteiger partial charge < -0.3 is 25.7 Å². The summed E-state index contributed by atoms with van der Waals surface area (Å²) in [4.78, 5) is 14.1. The van der Waals surface area contributed by atoms with Crippen LogP contribution in [0.25, 0.3) is 0 Å². The number of nitrogens with one attached hydrogen (secondary N) is 2. The highest BCUT2D eigenvalue weighted by molar-refractivity contribution is 6.01. The van der Waals surface area contributed by atoms with E-state index in [1.165, 1.54) is 17.0 Å². The summed E-state index contributed by atoms with van der Waals surface area (Å²) in [6, 6.07) is 6.15. The highest BCUT2D eigenvalue weighted by Gasteiger charge is 2.44. The molecule has 170 valence electrons. The average Bonchev–Trinajstić information content (AvgIpc) is 2.72. The number of carbonyl (C=O) groups excluding carboxylic acids is 1. The van der Waals surface area contributed by atoms with Gasteiger partial charge in [-0.25, -0.2) is 13.2 Å². The lowest BCUT2D eigenvalue weighted by molar-refractivity contribution is -0.0787. The maximum atomic E-state index is 14.4. The van der Waals surface area contributed by atoms with Gasteiger partial charge >= 0.3 is 0 Å². The van der Waals surface area contributed by atoms with Crippen molar-refractivity contribution in [2.24, 2.45) is 0 Å². The zero-order chi connectivity index (χ0) is 23.2. The van der Waals surface area contributed by atoms with E-state index in [1.54, 1.807) is 13.0 Å². The monoisotopic (exact) mass is 439 g/mol. The number of rotatable bonds is 7. The first-order valence-corrected chi connectivity index (χ1v) is 10.1. The summed E-state index contributed by atoms with van der Waals surface area (Å²) in [6.45, 7) is 6.05. The predicted octanol–water partition coefficient (Wildman–Crippen LogP) is 2.95. The molecule has 1 heterocycles. The number of anilines is 2. The summed E-state index contributed by atoms with van der Waals surface area (Å²) >= 11 is 0. The first-order chi connectivity index (χ1) is 14.7. The van der Waals surface area contributed by atoms with Gasteiger partial charge in [0.2, 0.25) is 0 Å². The van der Waals surface area contributed by atoms with Gasteiger partial charge in [0, 0.05) is 13.1 Å². The van der Waals surface area contributed by atoms with Crippen LogP contribution in [0.5, 0.6) is 0 Å². The first-order valence-electron chi connectivity index (χ1n) is 10.1. The maximum Gasteiger partial charge on any atom is 0.256 e. The van der Waals surface area contributed by atoms with E-state index < -0.39 is 34.6 Å². The number of aliphatic hydroxyl groups excluding tert-OH is 1. The fourth-order valence-corrected chi connectivity index (χ4v) is 3.20. The van der Waals surface area contributed by atoms with E-state index in [0.29, 0.717) is 12.1 Å². The smallest absolute Gasteiger partial charge is 0.256 e. The van der Waals surface area contributed by atoms with E-state index in [1.807, 2.05) is 13.8 Å². The van der Waals surface area contributed by atoms with Crippen LogP contribution in [0.15, 0.2) is 30.3 Å². The molecule has 0 aliphatic carbocycles. The largest absolute Gasteiger partial charge is 0.395 e. The van der Waals surface area contributed by atoms with E-state index >= 15 is 0 Å². The van der Waals surface area contributed by atoms with Gasteiger partial charge in [0.05, 0.1) is 36.6 Å². The van der Waals surface area contributed by atoms with Crippen molar-refractivity contribution < 1.29 is 28.2 Å². The third-order valence-corrected chi connectivity index (χ3v) is 4.71. The van der Waals surface area contributed by atoms with Crippen molar-refractivity contribution >= 4 is 17.3 Å². The molecule has 9 heteroatoms. The molecule has 1 saturated heterocycles. The Labute approximate surface area is 179 Å². The molecule has 0 spiro atoms. The molecule has 1 fully saturated rings. The van der Waals surface area contributed by atoms with E-state index in [9.17, 15) is 23.1 Å². The lowest BCUT2D eigenvalue weighted by atomic mass is 9.92. The number of β-amino-alcohol motifs (C(OH)–C–C–N with tert-alkyl or cyclic N) is 1. The van der Waals surface area contributed by atoms with Crippen LogP contribution in [-0.4, -0.2) is 59.4 Å². The van der Waals surface area contributed by atoms with Crippen LogP contribution in [0.4, 0.5) is 24.5 Å². The second-order valence-corrected chi connectivity index (χ2v) is 7.18. The average molecular weight is 439 g/mol. The van der Waals surface area contributed by atoms with E-state index in [0.717, 1.165) is 12.1 Å². The minimum absolute atomic E-state index is 0.0123. The van der Waals surface area contributed by atoms with Crippen LogP contribution in [0, 0.1) is 24.4 Å². The van der Waals surface area contributed by atoms with Crippen molar-refractivity contribution in [2.75, 3.05) is 38.1 Å². The molecule has 0 radical (unpaired) electrons. The third-order valence-electron chi connectivity index (χ3n) is 4.71. The van der Waals surface area contributed by atoms with E-state index in [-0.39, 0.29) is 37.5 Å². The van der Waals surface area contributed by atoms with Crippen LogP contribution in [0.3, 0.4) is 0 Å². The van der Waals surface area contributed by atoms with Gasteiger partial charge in [-0.3, -0.25) is 4.79 Å². The van der Waals surface area contributed by atoms with Gasteiger partial charge in [-0.1, -0.05) is 19.9 Å². The summed E-state index contributed by atoms with van der Waals surface area (Å²) in [5, 5.41) is 24.4. The highest BCUT2D eigenvalue weighted by atomic mass is 19.2. The molecule has 2 aromatic rings. The Morgan fingerprint density at radius 2 is 1.81 bits per heavy atom. The van der Waals surface area contributed by atoms with Crippen molar-refractivity contribution in [1.82, 2.24) is 10.2 Å². The number of amides is 1. The number of likely N-dealkylation sites (tertiary alicyclic amines) is 1. The minimum Gasteiger partial charge on any atom is -0.395 e. The van der Waals surface area contributed by atoms with Crippen LogP contribution in [0.2, 0.25) is 0 Å². The second-order valence-electron chi connectivity index (χ2n) is 7.18. The summed E-state index contributed by atoms with van der Waals surface area (Å²) in [5.41, 5.74) is -1.25. The molecule has 1 aliphatic heterocycles. The Kier molecular flexibility index (Phi) is 8.43. The number of aliphatic hydroxyl groups is 2. The molecule has 0 saturated carbocycles. The molecule has 0 bridgehead atoms. The topological polar surface area (TPSA) is 84.8 Å². The molecule has 1 aliphatic rings. The standard InChI is InChI=1S/C20H22F3N3O3.C2H6/c1-12-2-5-16(15(22)8-12)25-18-13(3-4-14(21)17(18)23)19(28)26-10-20(29,11-26)9-24-6-7-27;1-2/h2-5,8,24-25,27,29H,6-7,9-11H2,1H3;1-2H3. The normalized spacial score (nSPS) is 14.4. The fraction of sp³-hybridized carbons (Fsp3) is 0.409. The van der Waals surface area contributed by atoms with Crippen LogP contribution >= 0.6 is 0 Å². The Bertz CT molecular complexity index is 918. The number of nitrogens with zero attached hydrogens (tertiary/aromatic N) is 1. The number of hydrogen-bond donors (Lipinski definition) is 4. The van der Waals surface area contributed by atoms with Gasteiger partial charge in [0.25, 0.3) is 5.91 Å². The summed E-state index contributed by atoms with van der Waals surface area (Å²) in [6.07, 6.45) is 0. The van der Waals surface area contributed by atoms with Gasteiger partial charge in [-0.15, -0.1) is 0 Å². The Morgan fingerprint density at radius 1 is 1.13 bits per heavy atom. The number of hydrogen-bond acceptors (Lipinski definition) is 5. The molecule has 2 aromatic carbocycles. The molecule has 0 unspecified atom stereocenters. The van der Waals surface area contributed by atoms with Gasteiger partial charge in [0.1, 0.15) is 11.4 Å². The summed E-state index contributed by atoms with van der Waals surface area (Å²) < 4.78 is 42.4. The minimum atomic E-state index is -1.30. The highest BCUT2D eigenvalue weighted by Crippen LogP contribution is 2.31. The molecule has 31 heavy (non-hydrogen) atoms. The molecule has 3 rings (SSSR count). The lowest BCUT2D eigenvalue weighted by Crippen LogP contribution is -2.67. The Balaban J connectivity index is 0.00000166. The molecular formula is C22H28F3N3O3. The lowest BCUT2D eigenvalue weighted by Gasteiger charge is -2.46. The van der Waals surface area contributed by atoms with Crippen molar-refractivity contribution in [3.8, 4) is 0 Å². The number of halogens is 3. The summed E-state index contributed by atoms with van der Waals surface area (Å²) in [7, 11) is 0. The predicted molar refractivity (Wildman–Crippen MR) is 113 cm³/mol. The van der Waals surface area contributed by atoms with Crippen LogP contribution in [-0.2, 0) is 0 Å². The Morgan fingerprint density at radius 3 is 2.42 bits per heavy atom. The van der Waals surface area contributed by atoms with Gasteiger partial charge in [-0.05, 0) is 36.8 Å². The second kappa shape index (κ2) is 10.6. The van der Waals surface area contributed by atoms with E-state index in [2.05, 4.69) is 10.6 Å². The molecule has 0 aromatic heterocycles. The van der Waals surface area contributed by atoms with Gasteiger partial charge in [0.15, 0.2) is 11.6 Å². The van der Waals surface area contributed by atoms with Crippen LogP contribution in [0.1, 0.15) is 29.8 Å². The number of aryl methyl sites for hydroxylation is 1. The summed E-state index contributed by atoms with van der Waals surface area (Å²) in [5.74, 6) is -3.76. The Hall–Kier alpha value is -2.62. The molecule has 1 amide bonds. The van der Waals surface area contributed by atoms with Gasteiger partial charge in [-0.2, -0.15) is 0 Å². The van der Waals surface area contributed by atoms with Crippen LogP contribution < -0.4 is 10.6 Å². The fourth-order valence-electron chi connectivity index (χ4n) is 3.20. The number of benzene rings is 2. The molecule has 6 nitrogen and oxygen atoms in total. The van der Waals surface area contributed by atoms with Crippen molar-refractivity contribution in [1.29, 1.82) is 0 Å². The molecular weight excluding hydrogens is 411 g/mol. The van der Waals surface area contributed by atoms with Crippen molar-refractivity contribution in [2.45, 2.75) is 26.4 Å². The first kappa shape index (κ1) is 24.6. The van der Waals surface area contributed by atoms with E-state index in [4.69, 9.17) is 5.11 Å². The maximum absolute atomic E-state index is 14.4. The van der Waals surface area contributed by atoms with Crippen molar-refractivity contribution in [3.63, 3.8) is 0 Å². The SMILES string of the molecule is CC.Cc1ccc(Nc2c(C(=O)N3CC(O)(CNCCO)C3)ccc(F)c2F)c(F)c1. The van der Waals surface area contributed by atoms with Crippen molar-refractivity contribution in [3.05, 3.63) is 58.9 Å². The quantitative estimate of drug-likeness (QED) is 0.499. The number of carbonyl (C=O) groups is 1. The molecule has 0 atom stereocenters. The third kappa shape index (κ3) is 5.75. The zero-order valence-electron chi connectivity index (χ0n) is 17.8. The zero-order valence-corrected chi connectivity index (χ0v) is 17.8.